The van der Waals surface area contributed by atoms with Crippen LogP contribution in [0.4, 0.5) is 5.69 Å². The van der Waals surface area contributed by atoms with Gasteiger partial charge < -0.3 is 36.8 Å². The maximum Gasteiger partial charge on any atom is 0.254 e. The summed E-state index contributed by atoms with van der Waals surface area (Å²) >= 11 is 2.78. The third kappa shape index (κ3) is 8.81. The number of thioether (sulfide) groups is 2. The van der Waals surface area contributed by atoms with Crippen molar-refractivity contribution in [3.05, 3.63) is 101 Å². The molecule has 266 valence electrons. The number of aliphatic hydroxyl groups is 2. The van der Waals surface area contributed by atoms with Gasteiger partial charge in [-0.1, -0.05) is 66.7 Å². The van der Waals surface area contributed by atoms with Crippen LogP contribution in [0.1, 0.15) is 42.1 Å². The van der Waals surface area contributed by atoms with Gasteiger partial charge in [0.2, 0.25) is 17.7 Å². The van der Waals surface area contributed by atoms with E-state index in [9.17, 15) is 29.4 Å². The average molecular weight is 720 g/mol. The van der Waals surface area contributed by atoms with E-state index in [0.29, 0.717) is 17.7 Å². The summed E-state index contributed by atoms with van der Waals surface area (Å²) in [5.41, 5.74) is 9.64. The van der Waals surface area contributed by atoms with Crippen LogP contribution in [-0.2, 0) is 38.4 Å². The summed E-state index contributed by atoms with van der Waals surface area (Å²) in [6.07, 6.45) is -0.160. The number of aliphatic hydroxyl groups excluding tert-OH is 2. The van der Waals surface area contributed by atoms with E-state index >= 15 is 0 Å². The molecule has 1 aliphatic carbocycles. The molecule has 0 spiro atoms. The smallest absolute Gasteiger partial charge is 0.254 e. The highest BCUT2D eigenvalue weighted by molar-refractivity contribution is 8.00. The van der Waals surface area contributed by atoms with Crippen molar-refractivity contribution in [2.24, 2.45) is 0 Å². The Morgan fingerprint density at radius 2 is 1.70 bits per heavy atom. The zero-order valence-corrected chi connectivity index (χ0v) is 30.0. The number of nitrogens with two attached hydrogens (primary N) is 1. The highest BCUT2D eigenvalue weighted by Crippen LogP contribution is 2.41. The third-order valence-corrected chi connectivity index (χ3v) is 11.2. The van der Waals surface area contributed by atoms with E-state index in [1.54, 1.807) is 24.3 Å². The number of anilines is 1. The van der Waals surface area contributed by atoms with E-state index in [1.807, 2.05) is 74.7 Å². The summed E-state index contributed by atoms with van der Waals surface area (Å²) < 4.78 is -0.710. The molecule has 3 aromatic rings. The van der Waals surface area contributed by atoms with Crippen LogP contribution in [0.25, 0.3) is 0 Å². The first-order valence-electron chi connectivity index (χ1n) is 16.5. The fraction of sp³-hybridized carbons (Fsp3) is 0.405. The second-order valence-corrected chi connectivity index (χ2v) is 15.8. The van der Waals surface area contributed by atoms with E-state index in [4.69, 9.17) is 5.73 Å². The Balaban J connectivity index is 1.33. The molecule has 0 bridgehead atoms. The van der Waals surface area contributed by atoms with Crippen LogP contribution in [0.3, 0.4) is 0 Å². The van der Waals surface area contributed by atoms with Gasteiger partial charge in [-0.2, -0.15) is 11.8 Å². The van der Waals surface area contributed by atoms with Crippen molar-refractivity contribution in [3.63, 3.8) is 0 Å². The number of hydrogen-bond donors (Lipinski definition) is 6. The minimum absolute atomic E-state index is 0.0209. The number of nitrogens with one attached hydrogen (secondary N) is 3. The number of nitrogens with zero attached hydrogens (tertiary/aromatic N) is 1. The standard InChI is InChI=1S/C37H45N5O6S2/c1-37(2)33(35(47)41-31-26-15-8-7-13-24(26)19-29(31)43)42(21-50-37)36(48)32(45)27(17-22-10-5-4-6-11-22)40-34(46)28(20-49-3)39-30(44)18-23-12-9-14-25(38)16-23/h4-16,27-29,31-33,43,45H,17-21,38H2,1-3H3,(H,39,44)(H,40,46)(H,41,47). The Hall–Kier alpha value is -4.04. The van der Waals surface area contributed by atoms with E-state index in [0.717, 1.165) is 16.7 Å². The number of nitrogen functional groups attached to an aromatic ring is 1. The Morgan fingerprint density at radius 3 is 2.42 bits per heavy atom. The van der Waals surface area contributed by atoms with E-state index in [1.165, 1.54) is 28.4 Å². The molecule has 1 aliphatic heterocycles. The molecule has 0 radical (unpaired) electrons. The molecule has 1 heterocycles. The first-order valence-corrected chi connectivity index (χ1v) is 18.9. The summed E-state index contributed by atoms with van der Waals surface area (Å²) in [6.45, 7) is 3.73. The van der Waals surface area contributed by atoms with Gasteiger partial charge in [0.25, 0.3) is 5.91 Å². The Bertz CT molecular complexity index is 1690. The fourth-order valence-electron chi connectivity index (χ4n) is 6.61. The topological polar surface area (TPSA) is 174 Å². The molecule has 4 amide bonds. The monoisotopic (exact) mass is 719 g/mol. The third-order valence-electron chi connectivity index (χ3n) is 9.14. The van der Waals surface area contributed by atoms with Crippen LogP contribution in [0.2, 0.25) is 0 Å². The molecule has 5 rings (SSSR count). The van der Waals surface area contributed by atoms with Gasteiger partial charge in [-0.25, -0.2) is 0 Å². The minimum atomic E-state index is -1.71. The molecule has 3 aromatic carbocycles. The first kappa shape index (κ1) is 37.2. The predicted octanol–water partition coefficient (Wildman–Crippen LogP) is 2.20. The lowest BCUT2D eigenvalue weighted by Gasteiger charge is -2.34. The molecule has 0 aromatic heterocycles. The van der Waals surface area contributed by atoms with Gasteiger partial charge in [0, 0.05) is 22.6 Å². The van der Waals surface area contributed by atoms with E-state index in [2.05, 4.69) is 16.0 Å². The molecule has 13 heteroatoms. The van der Waals surface area contributed by atoms with Gasteiger partial charge in [-0.3, -0.25) is 19.2 Å². The zero-order chi connectivity index (χ0) is 36.0. The number of amides is 4. The molecule has 50 heavy (non-hydrogen) atoms. The van der Waals surface area contributed by atoms with Gasteiger partial charge in [-0.05, 0) is 60.9 Å². The Kier molecular flexibility index (Phi) is 12.2. The van der Waals surface area contributed by atoms with Crippen molar-refractivity contribution in [3.8, 4) is 0 Å². The average Bonchev–Trinajstić information content (AvgIpc) is 3.58. The number of carbonyl (C=O) groups excluding carboxylic acids is 4. The molecular formula is C37H45N5O6S2. The van der Waals surface area contributed by atoms with Gasteiger partial charge in [0.15, 0.2) is 6.10 Å². The van der Waals surface area contributed by atoms with Crippen LogP contribution in [0, 0.1) is 0 Å². The lowest BCUT2D eigenvalue weighted by atomic mass is 9.96. The summed E-state index contributed by atoms with van der Waals surface area (Å²) in [4.78, 5) is 56.2. The summed E-state index contributed by atoms with van der Waals surface area (Å²) in [5.74, 6) is -1.66. The molecule has 11 nitrogen and oxygen atoms in total. The summed E-state index contributed by atoms with van der Waals surface area (Å²) in [5, 5.41) is 31.1. The van der Waals surface area contributed by atoms with Crippen molar-refractivity contribution in [2.45, 2.75) is 74.2 Å². The molecule has 6 unspecified atom stereocenters. The Morgan fingerprint density at radius 1 is 1.00 bits per heavy atom. The SMILES string of the molecule is CSCC(NC(=O)Cc1cccc(N)c1)C(=O)NC(Cc1ccccc1)C(O)C(=O)N1CSC(C)(C)C1C(=O)NC1c2ccccc2CC1O. The minimum Gasteiger partial charge on any atom is -0.399 e. The zero-order valence-electron chi connectivity index (χ0n) is 28.4. The van der Waals surface area contributed by atoms with Crippen molar-refractivity contribution in [2.75, 3.05) is 23.6 Å². The van der Waals surface area contributed by atoms with E-state index < -0.39 is 58.8 Å². The molecule has 7 N–H and O–H groups in total. The normalized spacial score (nSPS) is 21.1. The number of hydrogen-bond acceptors (Lipinski definition) is 9. The second-order valence-electron chi connectivity index (χ2n) is 13.3. The van der Waals surface area contributed by atoms with Crippen LogP contribution < -0.4 is 21.7 Å². The first-order chi connectivity index (χ1) is 23.9. The van der Waals surface area contributed by atoms with Gasteiger partial charge in [-0.15, -0.1) is 11.8 Å². The van der Waals surface area contributed by atoms with Gasteiger partial charge in [0.1, 0.15) is 12.1 Å². The highest BCUT2D eigenvalue weighted by atomic mass is 32.2. The number of carbonyl (C=O) groups is 4. The maximum absolute atomic E-state index is 14.2. The molecule has 1 fully saturated rings. The lowest BCUT2D eigenvalue weighted by molar-refractivity contribution is -0.148. The second kappa shape index (κ2) is 16.3. The Labute approximate surface area is 301 Å². The molecule has 0 saturated carbocycles. The molecule has 6 atom stereocenters. The van der Waals surface area contributed by atoms with Crippen LogP contribution in [0.5, 0.6) is 0 Å². The largest absolute Gasteiger partial charge is 0.399 e. The van der Waals surface area contributed by atoms with E-state index in [-0.39, 0.29) is 30.4 Å². The lowest BCUT2D eigenvalue weighted by Crippen LogP contribution is -2.60. The fourth-order valence-corrected chi connectivity index (χ4v) is 8.32. The number of rotatable bonds is 13. The van der Waals surface area contributed by atoms with Crippen molar-refractivity contribution >= 4 is 52.8 Å². The number of fused-ring (bicyclic) bond motifs is 1. The van der Waals surface area contributed by atoms with Crippen molar-refractivity contribution in [1.29, 1.82) is 0 Å². The number of benzene rings is 3. The van der Waals surface area contributed by atoms with Gasteiger partial charge in [0.05, 0.1) is 30.5 Å². The van der Waals surface area contributed by atoms with Crippen LogP contribution in [0.15, 0.2) is 78.9 Å². The van der Waals surface area contributed by atoms with Crippen molar-refractivity contribution in [1.82, 2.24) is 20.9 Å². The summed E-state index contributed by atoms with van der Waals surface area (Å²) in [6, 6.07) is 20.0. The predicted molar refractivity (Wildman–Crippen MR) is 197 cm³/mol. The van der Waals surface area contributed by atoms with Crippen LogP contribution in [-0.4, -0.2) is 91.7 Å². The molecular weight excluding hydrogens is 675 g/mol. The van der Waals surface area contributed by atoms with Crippen molar-refractivity contribution < 1.29 is 29.4 Å². The molecule has 2 aliphatic rings. The van der Waals surface area contributed by atoms with Gasteiger partial charge >= 0.3 is 0 Å². The quantitative estimate of drug-likeness (QED) is 0.145. The highest BCUT2D eigenvalue weighted by Gasteiger charge is 2.51. The van der Waals surface area contributed by atoms with Crippen LogP contribution >= 0.6 is 23.5 Å². The molecule has 1 saturated heterocycles. The summed E-state index contributed by atoms with van der Waals surface area (Å²) in [7, 11) is 0. The maximum atomic E-state index is 14.2.